The third-order valence-corrected chi connectivity index (χ3v) is 36.3. The minimum atomic E-state index is 0.312. The van der Waals surface area contributed by atoms with Crippen molar-refractivity contribution >= 4 is 0 Å². The molecule has 0 amide bonds. The third-order valence-electron chi connectivity index (χ3n) is 36.3. The molecule has 26 unspecified atom stereocenters. The third kappa shape index (κ3) is 11.1. The predicted molar refractivity (Wildman–Crippen MR) is 439 cm³/mol. The highest BCUT2D eigenvalue weighted by atomic mass is 15.6. The Morgan fingerprint density at radius 1 is 0.284 bits per heavy atom. The minimum Gasteiger partial charge on any atom is -0.354 e. The van der Waals surface area contributed by atoms with E-state index in [1.165, 1.54) is 200 Å². The van der Waals surface area contributed by atoms with Gasteiger partial charge in [0.1, 0.15) is 0 Å². The molecule has 109 heavy (non-hydrogen) atoms. The summed E-state index contributed by atoms with van der Waals surface area (Å²) >= 11 is 0. The fourth-order valence-corrected chi connectivity index (χ4v) is 31.7. The van der Waals surface area contributed by atoms with Crippen molar-refractivity contribution in [3.05, 3.63) is 144 Å². The van der Waals surface area contributed by atoms with Crippen molar-refractivity contribution in [2.24, 2.45) is 89.6 Å². The van der Waals surface area contributed by atoms with Crippen LogP contribution in [0.15, 0.2) is 110 Å². The second-order valence-electron chi connectivity index (χ2n) is 42.0. The van der Waals surface area contributed by atoms with Crippen molar-refractivity contribution in [2.45, 2.75) is 238 Å². The van der Waals surface area contributed by atoms with Crippen LogP contribution < -0.4 is 0 Å². The first-order chi connectivity index (χ1) is 52.4. The molecule has 592 valence electrons. The van der Waals surface area contributed by atoms with Crippen LogP contribution in [0.5, 0.6) is 0 Å². The Hall–Kier alpha value is -4.72. The number of aromatic nitrogens is 6. The van der Waals surface area contributed by atoms with Gasteiger partial charge in [0, 0.05) is 267 Å². The molecular formula is C93H140N16. The molecule has 0 N–H and O–H groups in total. The van der Waals surface area contributed by atoms with Crippen LogP contribution in [0.4, 0.5) is 0 Å². The van der Waals surface area contributed by atoms with E-state index in [0.717, 1.165) is 79.4 Å². The van der Waals surface area contributed by atoms with Crippen molar-refractivity contribution in [1.29, 1.82) is 0 Å². The Balaban J connectivity index is 0.0000000861. The molecule has 25 fully saturated rings. The van der Waals surface area contributed by atoms with Crippen molar-refractivity contribution in [2.75, 3.05) is 112 Å². The Kier molecular flexibility index (Phi) is 17.7. The molecule has 6 aromatic rings. The maximum Gasteiger partial charge on any atom is 0.0533 e. The highest BCUT2D eigenvalue weighted by Crippen LogP contribution is 2.65. The van der Waals surface area contributed by atoms with Crippen LogP contribution in [0, 0.1) is 47.3 Å². The molecule has 25 aliphatic rings. The number of nitrogens with zero attached hydrogens (tertiary/aromatic N) is 16. The number of piperidine rings is 13. The molecule has 31 rings (SSSR count). The number of hydrogen-bond acceptors (Lipinski definition) is 10. The van der Waals surface area contributed by atoms with E-state index in [4.69, 9.17) is 0 Å². The molecular weight excluding hydrogens is 1340 g/mol. The normalized spacial score (nSPS) is 47.1. The topological polar surface area (TPSA) is 62.0 Å². The van der Waals surface area contributed by atoms with Crippen molar-refractivity contribution in [3.8, 4) is 0 Å². The van der Waals surface area contributed by atoms with Crippen molar-refractivity contribution in [3.63, 3.8) is 0 Å². The first-order valence-corrected chi connectivity index (χ1v) is 44.5. The lowest BCUT2D eigenvalue weighted by Gasteiger charge is -2.71. The molecule has 4 aliphatic carbocycles. The quantitative estimate of drug-likeness (QED) is 0.161. The molecule has 27 heterocycles. The first-order valence-electron chi connectivity index (χ1n) is 44.5. The lowest BCUT2D eigenvalue weighted by atomic mass is 9.48. The summed E-state index contributed by atoms with van der Waals surface area (Å²) in [6.45, 7) is 41.3. The molecule has 1 spiro atoms. The van der Waals surface area contributed by atoms with Gasteiger partial charge in [-0.3, -0.25) is 49.0 Å². The van der Waals surface area contributed by atoms with Crippen LogP contribution in [0.2, 0.25) is 0 Å². The maximum absolute atomic E-state index is 3.02. The van der Waals surface area contributed by atoms with E-state index in [-0.39, 0.29) is 0 Å². The summed E-state index contributed by atoms with van der Waals surface area (Å²) < 4.78 is 14.1. The van der Waals surface area contributed by atoms with Gasteiger partial charge < -0.3 is 27.4 Å². The number of rotatable bonds is 6. The van der Waals surface area contributed by atoms with Gasteiger partial charge in [0.25, 0.3) is 0 Å². The van der Waals surface area contributed by atoms with E-state index < -0.39 is 0 Å². The highest BCUT2D eigenvalue weighted by molar-refractivity contribution is 5.36. The van der Waals surface area contributed by atoms with Gasteiger partial charge in [-0.2, -0.15) is 0 Å². The largest absolute Gasteiger partial charge is 0.354 e. The van der Waals surface area contributed by atoms with E-state index in [9.17, 15) is 0 Å². The first kappa shape index (κ1) is 73.2. The van der Waals surface area contributed by atoms with E-state index >= 15 is 0 Å². The standard InChI is InChI=1S/C20H30N2.C17H26N2.C15H22N2.2C14H21N3.C13H20N4/c1-15-19(18-7-6-10-21(18)2)12-16-11-17(13-19)20(22(15)14-16)8-4-3-5-9-20;1-12-17(15-6-5-7-18(15)4)9-13-8-14(10-17)16(2,3)19(12)11-13;1-11-15(14-4-3-5-16(14)2)7-12-6-13(8-15)10-17(11)9-12;2*1-11-14(13-4-3-5-15(13)2)6-12-7-16(9-14)10-17(11)8-12;1-11-13(12-4-3-5-14(12)2)6-15-8-16(7-13)10-17(11)9-15/h6-7,10,15-17H,3-5,8-9,11-14H2,1-2H3;5-7,12-14H,8-11H2,1-4H3;3-5,11-13H,6-10H2,1-2H3;2*3-5,11-12H,6-10H2,1-2H3;3-5,11H,6-10H2,1-2H3. The number of hydrogen-bond donors (Lipinski definition) is 0. The lowest BCUT2D eigenvalue weighted by Crippen LogP contribution is -2.77. The molecule has 26 atom stereocenters. The summed E-state index contributed by atoms with van der Waals surface area (Å²) in [4.78, 5) is 27.1. The maximum atomic E-state index is 3.02. The van der Waals surface area contributed by atoms with Gasteiger partial charge in [0.15, 0.2) is 0 Å². The fraction of sp³-hybridized carbons (Fsp3) is 0.742. The molecule has 21 saturated heterocycles. The van der Waals surface area contributed by atoms with Gasteiger partial charge in [-0.1, -0.05) is 19.3 Å². The molecule has 16 heteroatoms. The van der Waals surface area contributed by atoms with E-state index in [1.807, 2.05) is 0 Å². The Morgan fingerprint density at radius 3 is 1.05 bits per heavy atom. The molecule has 0 radical (unpaired) electrons. The van der Waals surface area contributed by atoms with Gasteiger partial charge in [0.05, 0.1) is 38.8 Å². The van der Waals surface area contributed by atoms with Crippen LogP contribution >= 0.6 is 0 Å². The van der Waals surface area contributed by atoms with Crippen LogP contribution in [-0.2, 0) is 74.8 Å². The SMILES string of the molecule is CC1N2CC3CC(C2)CC1(c1cccn1C)C3.CC1N2CC3CC(CC1(c1cccn1C)C3)C2(C)C.CC1N2CC3CC(CC1(c1cccn1C)C3)C21CCCCC1.CC1N2CC3CN(C2)CC1(c1cccn1C)C3.CC1N2CC3CN(C2)CC1(c1cccn1C)C3.CC1N2CN3CN(C2)CC1(c1cccn1C)C3. The summed E-state index contributed by atoms with van der Waals surface area (Å²) in [6.07, 6.45) is 36.5. The summed E-state index contributed by atoms with van der Waals surface area (Å²) in [5, 5.41) is 0. The second kappa shape index (κ2) is 26.4. The summed E-state index contributed by atoms with van der Waals surface area (Å²) in [5.74, 6) is 7.45. The minimum absolute atomic E-state index is 0.312. The Bertz CT molecular complexity index is 3890. The zero-order chi connectivity index (χ0) is 74.8. The molecule has 21 aliphatic heterocycles. The fourth-order valence-electron chi connectivity index (χ4n) is 31.7. The van der Waals surface area contributed by atoms with Gasteiger partial charge in [0.2, 0.25) is 0 Å². The zero-order valence-electron chi connectivity index (χ0n) is 70.0. The van der Waals surface area contributed by atoms with E-state index in [2.05, 4.69) is 284 Å². The van der Waals surface area contributed by atoms with E-state index in [1.54, 1.807) is 28.5 Å². The average Bonchev–Trinajstić information content (AvgIpc) is 1.26. The summed E-state index contributed by atoms with van der Waals surface area (Å²) in [6, 6.07) is 31.6. The lowest BCUT2D eigenvalue weighted by molar-refractivity contribution is -0.183. The van der Waals surface area contributed by atoms with Gasteiger partial charge in [-0.25, -0.2) is 0 Å². The molecule has 4 saturated carbocycles. The predicted octanol–water partition coefficient (Wildman–Crippen LogP) is 12.7. The van der Waals surface area contributed by atoms with Gasteiger partial charge in [-0.05, 0) is 259 Å². The van der Waals surface area contributed by atoms with Crippen LogP contribution in [0.3, 0.4) is 0 Å². The summed E-state index contributed by atoms with van der Waals surface area (Å²) in [7, 11) is 13.3. The van der Waals surface area contributed by atoms with Crippen molar-refractivity contribution in [1.82, 2.24) is 76.4 Å². The molecule has 6 aromatic heterocycles. The smallest absolute Gasteiger partial charge is 0.0533 e. The molecule has 16 nitrogen and oxygen atoms in total. The average molecular weight is 1480 g/mol. The van der Waals surface area contributed by atoms with Crippen LogP contribution in [0.25, 0.3) is 0 Å². The van der Waals surface area contributed by atoms with Crippen molar-refractivity contribution < 1.29 is 0 Å². The van der Waals surface area contributed by atoms with E-state index in [0.29, 0.717) is 67.7 Å². The molecule has 24 bridgehead atoms. The highest BCUT2D eigenvalue weighted by Gasteiger charge is 2.67. The van der Waals surface area contributed by atoms with Crippen LogP contribution in [-0.4, -0.2) is 236 Å². The number of aryl methyl sites for hydroxylation is 6. The van der Waals surface area contributed by atoms with Crippen LogP contribution in [0.1, 0.15) is 192 Å². The monoisotopic (exact) mass is 1480 g/mol. The van der Waals surface area contributed by atoms with Gasteiger partial charge >= 0.3 is 0 Å². The Morgan fingerprint density at radius 2 is 0.615 bits per heavy atom. The molecule has 0 aromatic carbocycles. The Labute approximate surface area is 656 Å². The van der Waals surface area contributed by atoms with Gasteiger partial charge in [-0.15, -0.1) is 0 Å². The zero-order valence-corrected chi connectivity index (χ0v) is 70.0. The second-order valence-corrected chi connectivity index (χ2v) is 42.0. The summed E-state index contributed by atoms with van der Waals surface area (Å²) in [5.41, 5.74) is 12.8.